The van der Waals surface area contributed by atoms with Gasteiger partial charge in [0, 0.05) is 25.3 Å². The van der Waals surface area contributed by atoms with Gasteiger partial charge in [0.1, 0.15) is 11.4 Å². The van der Waals surface area contributed by atoms with E-state index in [1.807, 2.05) is 13.8 Å². The molecule has 0 fully saturated rings. The summed E-state index contributed by atoms with van der Waals surface area (Å²) in [7, 11) is 1.68. The number of rotatable bonds is 3. The van der Waals surface area contributed by atoms with Gasteiger partial charge in [0.2, 0.25) is 0 Å². The maximum Gasteiger partial charge on any atom is 0.276 e. The fourth-order valence-electron chi connectivity index (χ4n) is 1.95. The topological polar surface area (TPSA) is 58.4 Å². The smallest absolute Gasteiger partial charge is 0.276 e. The van der Waals surface area contributed by atoms with Crippen LogP contribution in [0.3, 0.4) is 0 Å². The first-order chi connectivity index (χ1) is 9.02. The molecule has 2 aromatic rings. The third-order valence-electron chi connectivity index (χ3n) is 2.94. The molecule has 0 atom stereocenters. The Balaban J connectivity index is 2.33. The number of nitrogens with zero attached hydrogens (tertiary/aromatic N) is 3. The van der Waals surface area contributed by atoms with Gasteiger partial charge < -0.3 is 10.0 Å². The number of aryl methyl sites for hydroxylation is 2. The highest BCUT2D eigenvalue weighted by Crippen LogP contribution is 2.20. The molecule has 100 valence electrons. The minimum atomic E-state index is -0.145. The summed E-state index contributed by atoms with van der Waals surface area (Å²) < 4.78 is 1.68. The second-order valence-corrected chi connectivity index (χ2v) is 4.37. The molecule has 0 aliphatic rings. The van der Waals surface area contributed by atoms with Gasteiger partial charge >= 0.3 is 0 Å². The van der Waals surface area contributed by atoms with E-state index in [2.05, 4.69) is 5.10 Å². The highest BCUT2D eigenvalue weighted by molar-refractivity contribution is 6.04. The van der Waals surface area contributed by atoms with Crippen LogP contribution in [0.1, 0.15) is 23.1 Å². The first-order valence-electron chi connectivity index (χ1n) is 6.14. The summed E-state index contributed by atoms with van der Waals surface area (Å²) in [6, 6.07) is 8.37. The molecule has 1 aromatic carbocycles. The van der Waals surface area contributed by atoms with Gasteiger partial charge in [-0.15, -0.1) is 0 Å². The van der Waals surface area contributed by atoms with E-state index in [0.29, 0.717) is 17.9 Å². The Kier molecular flexibility index (Phi) is 3.55. The summed E-state index contributed by atoms with van der Waals surface area (Å²) >= 11 is 0. The molecule has 0 spiro atoms. The van der Waals surface area contributed by atoms with Crippen LogP contribution < -0.4 is 4.90 Å². The first-order valence-corrected chi connectivity index (χ1v) is 6.14. The molecule has 0 aliphatic carbocycles. The maximum absolute atomic E-state index is 12.4. The molecule has 0 unspecified atom stereocenters. The standard InChI is InChI=1S/C14H17N3O2/c1-4-17-13(8-10(2)15-17)14(19)16(3)11-6-5-7-12(18)9-11/h5-9,18H,4H2,1-3H3. The lowest BCUT2D eigenvalue weighted by atomic mass is 10.2. The number of anilines is 1. The second-order valence-electron chi connectivity index (χ2n) is 4.37. The second kappa shape index (κ2) is 5.14. The zero-order chi connectivity index (χ0) is 14.0. The average Bonchev–Trinajstić information content (AvgIpc) is 2.78. The van der Waals surface area contributed by atoms with Gasteiger partial charge in [0.25, 0.3) is 5.91 Å². The van der Waals surface area contributed by atoms with Crippen molar-refractivity contribution >= 4 is 11.6 Å². The fraction of sp³-hybridized carbons (Fsp3) is 0.286. The number of phenols is 1. The minimum absolute atomic E-state index is 0.136. The van der Waals surface area contributed by atoms with Crippen molar-refractivity contribution in [3.8, 4) is 5.75 Å². The van der Waals surface area contributed by atoms with Crippen LogP contribution in [0.25, 0.3) is 0 Å². The van der Waals surface area contributed by atoms with E-state index in [0.717, 1.165) is 5.69 Å². The van der Waals surface area contributed by atoms with Gasteiger partial charge in [-0.05, 0) is 32.0 Å². The van der Waals surface area contributed by atoms with E-state index in [1.54, 1.807) is 42.1 Å². The van der Waals surface area contributed by atoms with Crippen molar-refractivity contribution in [2.75, 3.05) is 11.9 Å². The number of carbonyl (C=O) groups is 1. The largest absolute Gasteiger partial charge is 0.508 e. The van der Waals surface area contributed by atoms with Gasteiger partial charge in [0.05, 0.1) is 5.69 Å². The number of hydrogen-bond acceptors (Lipinski definition) is 3. The molecule has 5 heteroatoms. The van der Waals surface area contributed by atoms with Crippen LogP contribution in [0.2, 0.25) is 0 Å². The van der Waals surface area contributed by atoms with Crippen molar-refractivity contribution in [1.82, 2.24) is 9.78 Å². The van der Waals surface area contributed by atoms with Crippen molar-refractivity contribution in [2.45, 2.75) is 20.4 Å². The van der Waals surface area contributed by atoms with Crippen LogP contribution in [-0.2, 0) is 6.54 Å². The van der Waals surface area contributed by atoms with Gasteiger partial charge in [-0.2, -0.15) is 5.10 Å². The molecule has 0 saturated heterocycles. The van der Waals surface area contributed by atoms with Crippen LogP contribution >= 0.6 is 0 Å². The Labute approximate surface area is 112 Å². The van der Waals surface area contributed by atoms with Crippen LogP contribution in [-0.4, -0.2) is 27.8 Å². The third kappa shape index (κ3) is 2.59. The molecule has 0 aliphatic heterocycles. The van der Waals surface area contributed by atoms with Crippen molar-refractivity contribution in [3.05, 3.63) is 41.7 Å². The SMILES string of the molecule is CCn1nc(C)cc1C(=O)N(C)c1cccc(O)c1. The lowest BCUT2D eigenvalue weighted by Gasteiger charge is -2.17. The van der Waals surface area contributed by atoms with Crippen molar-refractivity contribution in [1.29, 1.82) is 0 Å². The van der Waals surface area contributed by atoms with Crippen molar-refractivity contribution in [2.24, 2.45) is 0 Å². The Hall–Kier alpha value is -2.30. The number of phenolic OH excluding ortho intramolecular Hbond substituents is 1. The highest BCUT2D eigenvalue weighted by atomic mass is 16.3. The van der Waals surface area contributed by atoms with Crippen molar-refractivity contribution < 1.29 is 9.90 Å². The van der Waals surface area contributed by atoms with Gasteiger partial charge in [-0.25, -0.2) is 0 Å². The summed E-state index contributed by atoms with van der Waals surface area (Å²) in [5.41, 5.74) is 2.01. The molecule has 0 saturated carbocycles. The first kappa shape index (κ1) is 13.1. The summed E-state index contributed by atoms with van der Waals surface area (Å²) in [5, 5.41) is 13.7. The monoisotopic (exact) mass is 259 g/mol. The quantitative estimate of drug-likeness (QED) is 0.919. The van der Waals surface area contributed by atoms with E-state index in [1.165, 1.54) is 4.90 Å². The Morgan fingerprint density at radius 1 is 1.42 bits per heavy atom. The molecule has 2 rings (SSSR count). The minimum Gasteiger partial charge on any atom is -0.508 e. The number of hydrogen-bond donors (Lipinski definition) is 1. The summed E-state index contributed by atoms with van der Waals surface area (Å²) in [4.78, 5) is 13.9. The predicted molar refractivity (Wildman–Crippen MR) is 73.5 cm³/mol. The molecule has 19 heavy (non-hydrogen) atoms. The molecule has 5 nitrogen and oxygen atoms in total. The van der Waals surface area contributed by atoms with E-state index >= 15 is 0 Å². The van der Waals surface area contributed by atoms with E-state index in [9.17, 15) is 9.90 Å². The van der Waals surface area contributed by atoms with E-state index in [4.69, 9.17) is 0 Å². The predicted octanol–water partition coefficient (Wildman–Crippen LogP) is 2.19. The molecular weight excluding hydrogens is 242 g/mol. The summed E-state index contributed by atoms with van der Waals surface area (Å²) in [5.74, 6) is -0.00891. The molecular formula is C14H17N3O2. The lowest BCUT2D eigenvalue weighted by molar-refractivity contribution is 0.0983. The molecule has 1 aromatic heterocycles. The number of amides is 1. The zero-order valence-electron chi connectivity index (χ0n) is 11.3. The van der Waals surface area contributed by atoms with Gasteiger partial charge in [0.15, 0.2) is 0 Å². The van der Waals surface area contributed by atoms with Crippen molar-refractivity contribution in [3.63, 3.8) is 0 Å². The van der Waals surface area contributed by atoms with Crippen LogP contribution in [0.5, 0.6) is 5.75 Å². The number of aromatic nitrogens is 2. The zero-order valence-corrected chi connectivity index (χ0v) is 11.3. The van der Waals surface area contributed by atoms with Crippen LogP contribution in [0, 0.1) is 6.92 Å². The van der Waals surface area contributed by atoms with E-state index in [-0.39, 0.29) is 11.7 Å². The van der Waals surface area contributed by atoms with Gasteiger partial charge in [-0.3, -0.25) is 9.48 Å². The highest BCUT2D eigenvalue weighted by Gasteiger charge is 2.18. The number of benzene rings is 1. The van der Waals surface area contributed by atoms with Gasteiger partial charge in [-0.1, -0.05) is 6.07 Å². The normalized spacial score (nSPS) is 10.5. The molecule has 0 radical (unpaired) electrons. The Bertz CT molecular complexity index is 604. The fourth-order valence-corrected chi connectivity index (χ4v) is 1.95. The molecule has 1 N–H and O–H groups in total. The Morgan fingerprint density at radius 3 is 2.79 bits per heavy atom. The summed E-state index contributed by atoms with van der Waals surface area (Å²) in [6.07, 6.45) is 0. The lowest BCUT2D eigenvalue weighted by Crippen LogP contribution is -2.28. The average molecular weight is 259 g/mol. The third-order valence-corrected chi connectivity index (χ3v) is 2.94. The van der Waals surface area contributed by atoms with E-state index < -0.39 is 0 Å². The van der Waals surface area contributed by atoms with Crippen LogP contribution in [0.4, 0.5) is 5.69 Å². The number of carbonyl (C=O) groups excluding carboxylic acids is 1. The molecule has 1 amide bonds. The molecule has 1 heterocycles. The number of aromatic hydroxyl groups is 1. The van der Waals surface area contributed by atoms with Crippen LogP contribution in [0.15, 0.2) is 30.3 Å². The maximum atomic E-state index is 12.4. The summed E-state index contributed by atoms with van der Waals surface area (Å²) in [6.45, 7) is 4.44. The molecule has 0 bridgehead atoms. The Morgan fingerprint density at radius 2 is 2.16 bits per heavy atom.